The lowest BCUT2D eigenvalue weighted by Gasteiger charge is -2.27. The molecule has 0 bridgehead atoms. The number of rotatable bonds is 2. The third-order valence-corrected chi connectivity index (χ3v) is 5.17. The van der Waals surface area contributed by atoms with Crippen LogP contribution in [-0.2, 0) is 4.79 Å². The van der Waals surface area contributed by atoms with Gasteiger partial charge in [-0.15, -0.1) is 11.8 Å². The lowest BCUT2D eigenvalue weighted by atomic mass is 10.1. The van der Waals surface area contributed by atoms with E-state index in [9.17, 15) is 4.79 Å². The molecule has 1 unspecified atom stereocenters. The van der Waals surface area contributed by atoms with E-state index in [0.29, 0.717) is 5.75 Å². The van der Waals surface area contributed by atoms with Gasteiger partial charge in [0, 0.05) is 12.3 Å². The minimum Gasteiger partial charge on any atom is -0.480 e. The van der Waals surface area contributed by atoms with Gasteiger partial charge in [-0.3, -0.25) is 10.1 Å². The van der Waals surface area contributed by atoms with Crippen molar-refractivity contribution in [3.8, 4) is 0 Å². The van der Waals surface area contributed by atoms with Crippen molar-refractivity contribution in [3.63, 3.8) is 0 Å². The number of nitrogens with zero attached hydrogens (tertiary/aromatic N) is 1. The molecule has 0 aliphatic carbocycles. The predicted octanol–water partition coefficient (Wildman–Crippen LogP) is 0.978. The van der Waals surface area contributed by atoms with E-state index in [1.807, 2.05) is 11.8 Å². The summed E-state index contributed by atoms with van der Waals surface area (Å²) in [6.45, 7) is 5.53. The van der Waals surface area contributed by atoms with Crippen LogP contribution in [0.4, 0.5) is 0 Å². The van der Waals surface area contributed by atoms with Crippen molar-refractivity contribution in [2.45, 2.75) is 37.1 Å². The molecule has 2 rings (SSSR count). The maximum absolute atomic E-state index is 10.9. The van der Waals surface area contributed by atoms with Gasteiger partial charge in [0.1, 0.15) is 6.04 Å². The third kappa shape index (κ3) is 2.52. The molecule has 0 saturated carbocycles. The molecular formula is C11H20N2O2S. The van der Waals surface area contributed by atoms with Crippen molar-refractivity contribution < 1.29 is 9.90 Å². The molecule has 0 aromatic rings. The van der Waals surface area contributed by atoms with Crippen LogP contribution >= 0.6 is 11.8 Å². The summed E-state index contributed by atoms with van der Waals surface area (Å²) in [6, 6.07) is -0.349. The number of carboxylic acid groups (broad SMARTS) is 1. The van der Waals surface area contributed by atoms with Gasteiger partial charge in [-0.1, -0.05) is 6.92 Å². The molecule has 16 heavy (non-hydrogen) atoms. The van der Waals surface area contributed by atoms with E-state index in [1.54, 1.807) is 0 Å². The van der Waals surface area contributed by atoms with Crippen LogP contribution in [0.5, 0.6) is 0 Å². The molecule has 2 aliphatic heterocycles. The van der Waals surface area contributed by atoms with Crippen LogP contribution < -0.4 is 5.32 Å². The van der Waals surface area contributed by atoms with Gasteiger partial charge in [-0.05, 0) is 32.4 Å². The van der Waals surface area contributed by atoms with Gasteiger partial charge in [-0.2, -0.15) is 0 Å². The Kier molecular flexibility index (Phi) is 3.77. The fourth-order valence-electron chi connectivity index (χ4n) is 2.55. The van der Waals surface area contributed by atoms with Crippen molar-refractivity contribution >= 4 is 17.7 Å². The molecule has 2 atom stereocenters. The Bertz CT molecular complexity index is 275. The van der Waals surface area contributed by atoms with Crippen LogP contribution in [-0.4, -0.2) is 52.3 Å². The fraction of sp³-hybridized carbons (Fsp3) is 0.909. The summed E-state index contributed by atoms with van der Waals surface area (Å²) in [6.07, 6.45) is 3.33. The molecule has 2 aliphatic rings. The van der Waals surface area contributed by atoms with Gasteiger partial charge in [0.15, 0.2) is 0 Å². The zero-order valence-corrected chi connectivity index (χ0v) is 10.6. The van der Waals surface area contributed by atoms with Crippen LogP contribution in [0.1, 0.15) is 26.2 Å². The SMILES string of the molecule is CCN1CCCC2(CC1)N[C@@H](C(=O)O)CS2. The molecule has 0 amide bonds. The number of thioether (sulfide) groups is 1. The summed E-state index contributed by atoms with van der Waals surface area (Å²) >= 11 is 1.81. The van der Waals surface area contributed by atoms with Gasteiger partial charge in [-0.25, -0.2) is 0 Å². The van der Waals surface area contributed by atoms with Gasteiger partial charge < -0.3 is 10.0 Å². The molecule has 1 spiro atoms. The number of carbonyl (C=O) groups is 1. The average molecular weight is 244 g/mol. The Labute approximate surface area is 101 Å². The lowest BCUT2D eigenvalue weighted by Crippen LogP contribution is -2.45. The molecule has 2 heterocycles. The summed E-state index contributed by atoms with van der Waals surface area (Å²) in [5.41, 5.74) is 0. The zero-order valence-electron chi connectivity index (χ0n) is 9.74. The van der Waals surface area contributed by atoms with E-state index < -0.39 is 5.97 Å². The van der Waals surface area contributed by atoms with E-state index in [0.717, 1.165) is 32.5 Å². The molecule has 0 aromatic carbocycles. The molecule has 2 saturated heterocycles. The van der Waals surface area contributed by atoms with Crippen molar-refractivity contribution in [2.75, 3.05) is 25.4 Å². The van der Waals surface area contributed by atoms with E-state index in [2.05, 4.69) is 17.1 Å². The number of aliphatic carboxylic acids is 1. The molecule has 0 radical (unpaired) electrons. The maximum Gasteiger partial charge on any atom is 0.321 e. The molecule has 2 N–H and O–H groups in total. The first-order valence-electron chi connectivity index (χ1n) is 6.02. The minimum atomic E-state index is -0.707. The number of likely N-dealkylation sites (tertiary alicyclic amines) is 1. The Hall–Kier alpha value is -0.260. The lowest BCUT2D eigenvalue weighted by molar-refractivity contribution is -0.138. The smallest absolute Gasteiger partial charge is 0.321 e. The Balaban J connectivity index is 1.96. The van der Waals surface area contributed by atoms with Crippen molar-refractivity contribution in [1.82, 2.24) is 10.2 Å². The minimum absolute atomic E-state index is 0.0347. The topological polar surface area (TPSA) is 52.6 Å². The quantitative estimate of drug-likeness (QED) is 0.758. The second kappa shape index (κ2) is 4.94. The van der Waals surface area contributed by atoms with Gasteiger partial charge >= 0.3 is 5.97 Å². The largest absolute Gasteiger partial charge is 0.480 e. The Morgan fingerprint density at radius 2 is 2.38 bits per heavy atom. The first-order valence-corrected chi connectivity index (χ1v) is 7.00. The Morgan fingerprint density at radius 3 is 3.00 bits per heavy atom. The normalized spacial score (nSPS) is 36.4. The van der Waals surface area contributed by atoms with Gasteiger partial charge in [0.25, 0.3) is 0 Å². The van der Waals surface area contributed by atoms with Crippen LogP contribution in [0.15, 0.2) is 0 Å². The first-order chi connectivity index (χ1) is 7.65. The van der Waals surface area contributed by atoms with E-state index in [4.69, 9.17) is 5.11 Å². The monoisotopic (exact) mass is 244 g/mol. The molecular weight excluding hydrogens is 224 g/mol. The average Bonchev–Trinajstić information content (AvgIpc) is 2.56. The summed E-state index contributed by atoms with van der Waals surface area (Å²) in [7, 11) is 0. The molecule has 92 valence electrons. The highest BCUT2D eigenvalue weighted by Crippen LogP contribution is 2.39. The second-order valence-corrected chi connectivity index (χ2v) is 6.03. The first kappa shape index (κ1) is 12.2. The summed E-state index contributed by atoms with van der Waals surface area (Å²) in [4.78, 5) is 13.4. The third-order valence-electron chi connectivity index (χ3n) is 3.60. The molecule has 5 heteroatoms. The van der Waals surface area contributed by atoms with Crippen molar-refractivity contribution in [3.05, 3.63) is 0 Å². The highest BCUT2D eigenvalue weighted by Gasteiger charge is 2.42. The fourth-order valence-corrected chi connectivity index (χ4v) is 4.01. The number of hydrogen-bond acceptors (Lipinski definition) is 4. The van der Waals surface area contributed by atoms with Crippen molar-refractivity contribution in [2.24, 2.45) is 0 Å². The Morgan fingerprint density at radius 1 is 1.56 bits per heavy atom. The van der Waals surface area contributed by atoms with E-state index >= 15 is 0 Å². The van der Waals surface area contributed by atoms with Gasteiger partial charge in [0.05, 0.1) is 4.87 Å². The standard InChI is InChI=1S/C11H20N2O2S/c1-2-13-6-3-4-11(5-7-13)12-9(8-16-11)10(14)15/h9,12H,2-8H2,1H3,(H,14,15)/t9-,11?/m1/s1. The highest BCUT2D eigenvalue weighted by molar-refractivity contribution is 8.00. The number of nitrogens with one attached hydrogen (secondary N) is 1. The summed E-state index contributed by atoms with van der Waals surface area (Å²) in [5, 5.41) is 12.3. The summed E-state index contributed by atoms with van der Waals surface area (Å²) < 4.78 is 0. The van der Waals surface area contributed by atoms with Crippen LogP contribution in [0.2, 0.25) is 0 Å². The summed E-state index contributed by atoms with van der Waals surface area (Å²) in [5.74, 6) is 0.00234. The second-order valence-electron chi connectivity index (χ2n) is 4.63. The molecule has 2 fully saturated rings. The number of hydrogen-bond donors (Lipinski definition) is 2. The van der Waals surface area contributed by atoms with Crippen LogP contribution in [0.25, 0.3) is 0 Å². The highest BCUT2D eigenvalue weighted by atomic mass is 32.2. The number of carboxylic acids is 1. The van der Waals surface area contributed by atoms with Crippen LogP contribution in [0.3, 0.4) is 0 Å². The van der Waals surface area contributed by atoms with Gasteiger partial charge in [0.2, 0.25) is 0 Å². The maximum atomic E-state index is 10.9. The zero-order chi connectivity index (χ0) is 11.6. The van der Waals surface area contributed by atoms with E-state index in [1.165, 1.54) is 6.42 Å². The van der Waals surface area contributed by atoms with Crippen molar-refractivity contribution in [1.29, 1.82) is 0 Å². The van der Waals surface area contributed by atoms with Crippen LogP contribution in [0, 0.1) is 0 Å². The molecule has 0 aromatic heterocycles. The predicted molar refractivity (Wildman–Crippen MR) is 65.7 cm³/mol. The van der Waals surface area contributed by atoms with E-state index in [-0.39, 0.29) is 10.9 Å². The molecule has 4 nitrogen and oxygen atoms in total.